The van der Waals surface area contributed by atoms with Crippen LogP contribution in [0.5, 0.6) is 0 Å². The normalized spacial score (nSPS) is 14.5. The molecule has 1 aromatic rings. The van der Waals surface area contributed by atoms with Crippen LogP contribution in [0.15, 0.2) is 18.2 Å². The van der Waals surface area contributed by atoms with Crippen molar-refractivity contribution in [3.63, 3.8) is 0 Å². The van der Waals surface area contributed by atoms with Gasteiger partial charge in [-0.2, -0.15) is 0 Å². The third-order valence-corrected chi connectivity index (χ3v) is 1.83. The lowest BCUT2D eigenvalue weighted by molar-refractivity contribution is -0.114. The molecular weight excluding hydrogens is 152 g/mol. The van der Waals surface area contributed by atoms with Gasteiger partial charge in [0.05, 0.1) is 5.69 Å². The van der Waals surface area contributed by atoms with E-state index in [0.717, 1.165) is 11.3 Å². The van der Waals surface area contributed by atoms with Crippen LogP contribution in [0.25, 0.3) is 6.08 Å². The highest BCUT2D eigenvalue weighted by Crippen LogP contribution is 2.16. The Kier molecular flexibility index (Phi) is 1.43. The Hall–Kier alpha value is -1.64. The van der Waals surface area contributed by atoms with Gasteiger partial charge in [0.2, 0.25) is 0 Å². The highest BCUT2D eigenvalue weighted by Gasteiger charge is 2.10. The monoisotopic (exact) mass is 160 g/mol. The van der Waals surface area contributed by atoms with Gasteiger partial charge in [0.1, 0.15) is 5.82 Å². The molecule has 0 radical (unpaired) electrons. The number of allylic oxidation sites excluding steroid dienone is 1. The maximum absolute atomic E-state index is 11.0. The summed E-state index contributed by atoms with van der Waals surface area (Å²) in [6.07, 6.45) is 3.69. The zero-order chi connectivity index (χ0) is 8.55. The minimum Gasteiger partial charge on any atom is -0.384 e. The van der Waals surface area contributed by atoms with Crippen molar-refractivity contribution in [2.45, 2.75) is 6.42 Å². The molecule has 1 aliphatic rings. The Morgan fingerprint density at radius 2 is 2.17 bits per heavy atom. The summed E-state index contributed by atoms with van der Waals surface area (Å²) < 4.78 is 0. The SMILES string of the molecule is Nc1ccc2c(n1)C=CC(=O)C2. The van der Waals surface area contributed by atoms with E-state index in [9.17, 15) is 4.79 Å². The van der Waals surface area contributed by atoms with Crippen molar-refractivity contribution in [3.8, 4) is 0 Å². The minimum absolute atomic E-state index is 0.120. The standard InChI is InChI=1S/C9H8N2O/c10-9-4-1-6-5-7(12)2-3-8(6)11-9/h1-4H,5H2,(H2,10,11). The van der Waals surface area contributed by atoms with Crippen LogP contribution in [0.3, 0.4) is 0 Å². The number of hydrogen-bond donors (Lipinski definition) is 1. The molecule has 1 aliphatic carbocycles. The van der Waals surface area contributed by atoms with Crippen molar-refractivity contribution in [1.29, 1.82) is 0 Å². The molecule has 0 amide bonds. The van der Waals surface area contributed by atoms with Crippen LogP contribution >= 0.6 is 0 Å². The number of carbonyl (C=O) groups is 1. The minimum atomic E-state index is 0.120. The summed E-state index contributed by atoms with van der Waals surface area (Å²) in [6, 6.07) is 3.56. The van der Waals surface area contributed by atoms with Gasteiger partial charge in [0.25, 0.3) is 0 Å². The molecule has 3 heteroatoms. The Labute approximate surface area is 69.9 Å². The molecule has 0 unspecified atom stereocenters. The first-order valence-electron chi connectivity index (χ1n) is 3.72. The number of nitrogen functional groups attached to an aromatic ring is 1. The topological polar surface area (TPSA) is 56.0 Å². The van der Waals surface area contributed by atoms with E-state index in [2.05, 4.69) is 4.98 Å². The van der Waals surface area contributed by atoms with E-state index in [1.165, 1.54) is 6.08 Å². The van der Waals surface area contributed by atoms with Crippen LogP contribution < -0.4 is 5.73 Å². The molecule has 60 valence electrons. The number of anilines is 1. The van der Waals surface area contributed by atoms with Crippen molar-refractivity contribution in [2.24, 2.45) is 0 Å². The molecule has 2 rings (SSSR count). The zero-order valence-corrected chi connectivity index (χ0v) is 6.45. The van der Waals surface area contributed by atoms with Crippen LogP contribution in [0.4, 0.5) is 5.82 Å². The smallest absolute Gasteiger partial charge is 0.160 e. The van der Waals surface area contributed by atoms with Crippen molar-refractivity contribution in [2.75, 3.05) is 5.73 Å². The Balaban J connectivity index is 2.54. The van der Waals surface area contributed by atoms with E-state index in [-0.39, 0.29) is 5.78 Å². The summed E-state index contributed by atoms with van der Waals surface area (Å²) >= 11 is 0. The number of nitrogens with zero attached hydrogens (tertiary/aromatic N) is 1. The number of pyridine rings is 1. The molecule has 0 fully saturated rings. The molecule has 1 heterocycles. The second kappa shape index (κ2) is 2.44. The van der Waals surface area contributed by atoms with Crippen molar-refractivity contribution >= 4 is 17.7 Å². The highest BCUT2D eigenvalue weighted by atomic mass is 16.1. The summed E-state index contributed by atoms with van der Waals surface area (Å²) in [5.74, 6) is 0.613. The Bertz CT molecular complexity index is 369. The number of aromatic nitrogens is 1. The van der Waals surface area contributed by atoms with Gasteiger partial charge < -0.3 is 5.73 Å². The summed E-state index contributed by atoms with van der Waals surface area (Å²) in [5, 5.41) is 0. The maximum atomic E-state index is 11.0. The lowest BCUT2D eigenvalue weighted by Gasteiger charge is -2.07. The van der Waals surface area contributed by atoms with Crippen molar-refractivity contribution in [1.82, 2.24) is 4.98 Å². The zero-order valence-electron chi connectivity index (χ0n) is 6.45. The molecule has 2 N–H and O–H groups in total. The number of nitrogens with two attached hydrogens (primary N) is 1. The van der Waals surface area contributed by atoms with Crippen LogP contribution in [0.2, 0.25) is 0 Å². The third kappa shape index (κ3) is 1.09. The quantitative estimate of drug-likeness (QED) is 0.610. The summed E-state index contributed by atoms with van der Waals surface area (Å²) in [7, 11) is 0. The summed E-state index contributed by atoms with van der Waals surface area (Å²) in [4.78, 5) is 15.1. The van der Waals surface area contributed by atoms with Gasteiger partial charge in [-0.15, -0.1) is 0 Å². The molecule has 0 bridgehead atoms. The summed E-state index contributed by atoms with van der Waals surface area (Å²) in [5.41, 5.74) is 7.26. The van der Waals surface area contributed by atoms with Gasteiger partial charge in [-0.25, -0.2) is 4.98 Å². The highest BCUT2D eigenvalue weighted by molar-refractivity contribution is 5.97. The predicted molar refractivity (Wildman–Crippen MR) is 46.4 cm³/mol. The van der Waals surface area contributed by atoms with E-state index in [4.69, 9.17) is 5.73 Å². The van der Waals surface area contributed by atoms with E-state index in [1.807, 2.05) is 6.07 Å². The maximum Gasteiger partial charge on any atom is 0.160 e. The van der Waals surface area contributed by atoms with E-state index in [1.54, 1.807) is 12.1 Å². The fourth-order valence-electron chi connectivity index (χ4n) is 1.23. The number of hydrogen-bond acceptors (Lipinski definition) is 3. The van der Waals surface area contributed by atoms with Gasteiger partial charge >= 0.3 is 0 Å². The second-order valence-electron chi connectivity index (χ2n) is 2.76. The molecule has 0 saturated carbocycles. The van der Waals surface area contributed by atoms with E-state index >= 15 is 0 Å². The predicted octanol–water partition coefficient (Wildman–Crippen LogP) is 0.802. The lowest BCUT2D eigenvalue weighted by Crippen LogP contribution is -2.07. The number of rotatable bonds is 0. The first kappa shape index (κ1) is 7.03. The van der Waals surface area contributed by atoms with Crippen LogP contribution in [0, 0.1) is 0 Å². The van der Waals surface area contributed by atoms with Crippen LogP contribution in [-0.2, 0) is 11.2 Å². The van der Waals surface area contributed by atoms with Crippen LogP contribution in [-0.4, -0.2) is 10.8 Å². The molecule has 0 atom stereocenters. The van der Waals surface area contributed by atoms with Crippen molar-refractivity contribution in [3.05, 3.63) is 29.5 Å². The molecule has 0 spiro atoms. The molecule has 0 aromatic carbocycles. The molecule has 1 aromatic heterocycles. The molecule has 0 aliphatic heterocycles. The Morgan fingerprint density at radius 1 is 1.33 bits per heavy atom. The van der Waals surface area contributed by atoms with Gasteiger partial charge in [-0.3, -0.25) is 4.79 Å². The first-order chi connectivity index (χ1) is 5.75. The van der Waals surface area contributed by atoms with Gasteiger partial charge in [-0.05, 0) is 23.8 Å². The number of ketones is 1. The molecular formula is C9H8N2O. The number of carbonyl (C=O) groups excluding carboxylic acids is 1. The first-order valence-corrected chi connectivity index (χ1v) is 3.72. The van der Waals surface area contributed by atoms with Crippen molar-refractivity contribution < 1.29 is 4.79 Å². The van der Waals surface area contributed by atoms with Gasteiger partial charge in [0, 0.05) is 6.42 Å². The van der Waals surface area contributed by atoms with E-state index < -0.39 is 0 Å². The fourth-order valence-corrected chi connectivity index (χ4v) is 1.23. The van der Waals surface area contributed by atoms with Gasteiger partial charge in [-0.1, -0.05) is 6.07 Å². The van der Waals surface area contributed by atoms with Crippen LogP contribution in [0.1, 0.15) is 11.3 Å². The summed E-state index contributed by atoms with van der Waals surface area (Å²) in [6.45, 7) is 0. The second-order valence-corrected chi connectivity index (χ2v) is 2.76. The Morgan fingerprint density at radius 3 is 3.00 bits per heavy atom. The third-order valence-electron chi connectivity index (χ3n) is 1.83. The molecule has 3 nitrogen and oxygen atoms in total. The lowest BCUT2D eigenvalue weighted by atomic mass is 10.0. The number of fused-ring (bicyclic) bond motifs is 1. The molecule has 0 saturated heterocycles. The molecule has 12 heavy (non-hydrogen) atoms. The average molecular weight is 160 g/mol. The average Bonchev–Trinajstić information content (AvgIpc) is 2.05. The fraction of sp³-hybridized carbons (Fsp3) is 0.111. The van der Waals surface area contributed by atoms with Gasteiger partial charge in [0.15, 0.2) is 5.78 Å². The van der Waals surface area contributed by atoms with E-state index in [0.29, 0.717) is 12.2 Å². The largest absolute Gasteiger partial charge is 0.384 e.